The summed E-state index contributed by atoms with van der Waals surface area (Å²) >= 11 is 6.28. The Labute approximate surface area is 274 Å². The third-order valence-corrected chi connectivity index (χ3v) is 9.54. The first-order chi connectivity index (χ1) is 21.8. The molecule has 0 fully saturated rings. The Kier molecular flexibility index (Phi) is 12.4. The maximum absolute atomic E-state index is 14.3. The minimum atomic E-state index is -4.64. The van der Waals surface area contributed by atoms with Gasteiger partial charge in [-0.15, -0.1) is 0 Å². The van der Waals surface area contributed by atoms with E-state index in [-0.39, 0.29) is 46.9 Å². The number of nitrogens with one attached hydrogen (secondary N) is 1. The van der Waals surface area contributed by atoms with Crippen molar-refractivity contribution < 1.29 is 32.4 Å². The molecule has 0 heterocycles. The number of nitrogens with zero attached hydrogens (tertiary/aromatic N) is 3. The molecule has 0 saturated heterocycles. The third-order valence-electron chi connectivity index (χ3n) is 7.55. The van der Waals surface area contributed by atoms with Crippen LogP contribution in [-0.2, 0) is 26.2 Å². The highest BCUT2D eigenvalue weighted by Gasteiger charge is 2.36. The molecule has 0 aliphatic carbocycles. The van der Waals surface area contributed by atoms with Crippen molar-refractivity contribution in [2.75, 3.05) is 25.1 Å². The van der Waals surface area contributed by atoms with Crippen LogP contribution in [0.5, 0.6) is 11.5 Å². The molecule has 14 heteroatoms. The minimum absolute atomic E-state index is 0.0220. The van der Waals surface area contributed by atoms with Gasteiger partial charge in [-0.1, -0.05) is 43.6 Å². The number of sulfonamides is 1. The number of ether oxygens (including phenoxy) is 2. The second-order valence-electron chi connectivity index (χ2n) is 10.6. The van der Waals surface area contributed by atoms with Gasteiger partial charge in [0.2, 0.25) is 11.8 Å². The van der Waals surface area contributed by atoms with Crippen molar-refractivity contribution in [2.45, 2.75) is 64.1 Å². The first-order valence-electron chi connectivity index (χ1n) is 14.6. The fourth-order valence-electron chi connectivity index (χ4n) is 4.73. The van der Waals surface area contributed by atoms with E-state index >= 15 is 0 Å². The van der Waals surface area contributed by atoms with Crippen molar-refractivity contribution in [2.24, 2.45) is 0 Å². The van der Waals surface area contributed by atoms with Gasteiger partial charge in [-0.25, -0.2) is 8.42 Å². The summed E-state index contributed by atoms with van der Waals surface area (Å²) in [5.41, 5.74) is 0.468. The van der Waals surface area contributed by atoms with Gasteiger partial charge in [-0.05, 0) is 68.7 Å². The summed E-state index contributed by atoms with van der Waals surface area (Å²) < 4.78 is 40.1. The lowest BCUT2D eigenvalue weighted by Crippen LogP contribution is -2.53. The van der Waals surface area contributed by atoms with E-state index in [4.69, 9.17) is 21.1 Å². The van der Waals surface area contributed by atoms with E-state index in [9.17, 15) is 28.1 Å². The predicted molar refractivity (Wildman–Crippen MR) is 176 cm³/mol. The second kappa shape index (κ2) is 15.8. The number of aryl methyl sites for hydroxylation is 1. The number of benzene rings is 3. The summed E-state index contributed by atoms with van der Waals surface area (Å²) in [5, 5.41) is 14.8. The highest BCUT2D eigenvalue weighted by atomic mass is 35.5. The van der Waals surface area contributed by atoms with Crippen molar-refractivity contribution in [1.82, 2.24) is 10.2 Å². The Hall–Kier alpha value is -4.36. The predicted octanol–water partition coefficient (Wildman–Crippen LogP) is 5.49. The molecule has 0 bridgehead atoms. The molecule has 12 nitrogen and oxygen atoms in total. The van der Waals surface area contributed by atoms with Crippen molar-refractivity contribution in [3.05, 3.63) is 86.9 Å². The molecular weight excluding hydrogens is 636 g/mol. The molecule has 0 aliphatic heterocycles. The van der Waals surface area contributed by atoms with Gasteiger partial charge in [0.1, 0.15) is 24.1 Å². The van der Waals surface area contributed by atoms with Crippen LogP contribution in [0.2, 0.25) is 5.02 Å². The largest absolute Gasteiger partial charge is 0.497 e. The Morgan fingerprint density at radius 3 is 2.24 bits per heavy atom. The van der Waals surface area contributed by atoms with Gasteiger partial charge in [0.05, 0.1) is 29.7 Å². The average molecular weight is 675 g/mol. The van der Waals surface area contributed by atoms with Crippen LogP contribution >= 0.6 is 11.6 Å². The van der Waals surface area contributed by atoms with Crippen LogP contribution < -0.4 is 19.1 Å². The normalized spacial score (nSPS) is 12.5. The average Bonchev–Trinajstić information content (AvgIpc) is 3.03. The number of methoxy groups -OCH3 is 2. The zero-order valence-corrected chi connectivity index (χ0v) is 28.2. The summed E-state index contributed by atoms with van der Waals surface area (Å²) in [6.07, 6.45) is 0.902. The lowest BCUT2D eigenvalue weighted by Gasteiger charge is -2.34. The topological polar surface area (TPSA) is 148 Å². The number of carbonyl (C=O) groups is 2. The molecule has 0 aromatic heterocycles. The van der Waals surface area contributed by atoms with Crippen LogP contribution in [0.4, 0.5) is 11.4 Å². The lowest BCUT2D eigenvalue weighted by molar-refractivity contribution is -0.385. The third kappa shape index (κ3) is 8.46. The SMILES string of the molecule is CC[C@H](C(=O)N[C@@H](C)CC)N(Cc1ccc(OC)cc1)C(=O)CN(c1cc(Cl)ccc1OC)S(=O)(=O)c1ccc(C)c([N+](=O)[O-])c1. The number of halogens is 1. The van der Waals surface area contributed by atoms with Crippen LogP contribution in [0.1, 0.15) is 44.7 Å². The van der Waals surface area contributed by atoms with Gasteiger partial charge in [-0.2, -0.15) is 0 Å². The molecule has 0 saturated carbocycles. The van der Waals surface area contributed by atoms with Crippen molar-refractivity contribution >= 4 is 44.8 Å². The molecular formula is C32H39ClN4O8S. The number of hydrogen-bond donors (Lipinski definition) is 1. The standard InChI is InChI=1S/C32H39ClN4O8S/c1-7-22(4)34-32(39)27(8-2)35(19-23-10-13-25(44-5)14-11-23)31(38)20-36(29-17-24(33)12-16-30(29)45-6)46(42,43)26-15-9-21(3)28(18-26)37(40)41/h9-18,22,27H,7-8,19-20H2,1-6H3,(H,34,39)/t22-,27+/m0/s1. The van der Waals surface area contributed by atoms with Gasteiger partial charge in [0.25, 0.3) is 15.7 Å². The summed E-state index contributed by atoms with van der Waals surface area (Å²) in [4.78, 5) is 39.7. The second-order valence-corrected chi connectivity index (χ2v) is 12.9. The van der Waals surface area contributed by atoms with E-state index in [0.717, 1.165) is 10.4 Å². The number of carbonyl (C=O) groups excluding carboxylic acids is 2. The van der Waals surface area contributed by atoms with Gasteiger partial charge < -0.3 is 19.7 Å². The van der Waals surface area contributed by atoms with E-state index in [1.165, 1.54) is 56.4 Å². The molecule has 1 N–H and O–H groups in total. The zero-order valence-electron chi connectivity index (χ0n) is 26.7. The molecule has 2 atom stereocenters. The van der Waals surface area contributed by atoms with Crippen molar-refractivity contribution in [3.63, 3.8) is 0 Å². The van der Waals surface area contributed by atoms with Crippen molar-refractivity contribution in [3.8, 4) is 11.5 Å². The number of nitro groups is 1. The fourth-order valence-corrected chi connectivity index (χ4v) is 6.34. The van der Waals surface area contributed by atoms with Crippen LogP contribution in [-0.4, -0.2) is 62.9 Å². The monoisotopic (exact) mass is 674 g/mol. The van der Waals surface area contributed by atoms with E-state index in [2.05, 4.69) is 5.32 Å². The Morgan fingerprint density at radius 1 is 1.00 bits per heavy atom. The molecule has 2 amide bonds. The van der Waals surface area contributed by atoms with E-state index in [1.54, 1.807) is 31.2 Å². The minimum Gasteiger partial charge on any atom is -0.497 e. The van der Waals surface area contributed by atoms with Crippen LogP contribution in [0.3, 0.4) is 0 Å². The fraction of sp³-hybridized carbons (Fsp3) is 0.375. The van der Waals surface area contributed by atoms with Crippen LogP contribution in [0, 0.1) is 17.0 Å². The smallest absolute Gasteiger partial charge is 0.273 e. The number of hydrogen-bond acceptors (Lipinski definition) is 8. The zero-order chi connectivity index (χ0) is 34.2. The Balaban J connectivity index is 2.18. The maximum Gasteiger partial charge on any atom is 0.273 e. The highest BCUT2D eigenvalue weighted by molar-refractivity contribution is 7.92. The molecule has 0 spiro atoms. The number of rotatable bonds is 15. The maximum atomic E-state index is 14.3. The number of amides is 2. The first kappa shape index (κ1) is 36.1. The summed E-state index contributed by atoms with van der Waals surface area (Å²) in [6, 6.07) is 13.6. The Morgan fingerprint density at radius 2 is 1.67 bits per heavy atom. The molecule has 248 valence electrons. The van der Waals surface area contributed by atoms with Gasteiger partial charge in [0.15, 0.2) is 0 Å². The molecule has 3 rings (SSSR count). The van der Waals surface area contributed by atoms with Gasteiger partial charge in [-0.3, -0.25) is 24.0 Å². The number of anilines is 1. The van der Waals surface area contributed by atoms with E-state index in [0.29, 0.717) is 17.7 Å². The summed E-state index contributed by atoms with van der Waals surface area (Å²) in [6.45, 7) is 6.22. The Bertz CT molecular complexity index is 1670. The van der Waals surface area contributed by atoms with Gasteiger partial charge >= 0.3 is 0 Å². The van der Waals surface area contributed by atoms with Crippen LogP contribution in [0.15, 0.2) is 65.6 Å². The first-order valence-corrected chi connectivity index (χ1v) is 16.4. The molecule has 0 aliphatic rings. The molecule has 3 aromatic rings. The van der Waals surface area contributed by atoms with E-state index < -0.39 is 44.0 Å². The van der Waals surface area contributed by atoms with Crippen molar-refractivity contribution in [1.29, 1.82) is 0 Å². The molecule has 0 unspecified atom stereocenters. The lowest BCUT2D eigenvalue weighted by atomic mass is 10.1. The van der Waals surface area contributed by atoms with Gasteiger partial charge in [0, 0.05) is 29.2 Å². The van der Waals surface area contributed by atoms with Crippen LogP contribution in [0.25, 0.3) is 0 Å². The summed E-state index contributed by atoms with van der Waals surface area (Å²) in [5.74, 6) is -0.400. The number of nitro benzene ring substituents is 1. The quantitative estimate of drug-likeness (QED) is 0.164. The van der Waals surface area contributed by atoms with E-state index in [1.807, 2.05) is 13.8 Å². The molecule has 46 heavy (non-hydrogen) atoms. The molecule has 0 radical (unpaired) electrons. The summed E-state index contributed by atoms with van der Waals surface area (Å²) in [7, 11) is -1.78. The highest BCUT2D eigenvalue weighted by Crippen LogP contribution is 2.36. The molecule has 3 aromatic carbocycles.